The monoisotopic (exact) mass is 978 g/mol. The van der Waals surface area contributed by atoms with Crippen molar-refractivity contribution in [3.63, 3.8) is 0 Å². The predicted octanol–water partition coefficient (Wildman–Crippen LogP) is 8.13. The number of hydrogen-bond donors (Lipinski definition) is 3. The molecule has 0 spiro atoms. The number of aromatic carboxylic acids is 1. The highest BCUT2D eigenvalue weighted by molar-refractivity contribution is 7.90. The molecule has 3 aromatic carbocycles. The van der Waals surface area contributed by atoms with Gasteiger partial charge in [0.15, 0.2) is 0 Å². The quantitative estimate of drug-likeness (QED) is 0.102. The van der Waals surface area contributed by atoms with Crippen molar-refractivity contribution in [2.75, 3.05) is 70.5 Å². The highest BCUT2D eigenvalue weighted by Gasteiger charge is 2.39. The maximum absolute atomic E-state index is 15.9. The summed E-state index contributed by atoms with van der Waals surface area (Å²) in [4.78, 5) is 41.1. The Bertz CT molecular complexity index is 3060. The van der Waals surface area contributed by atoms with Crippen LogP contribution in [0.5, 0.6) is 5.75 Å². The van der Waals surface area contributed by atoms with E-state index in [4.69, 9.17) is 26.1 Å². The molecule has 1 unspecified atom stereocenters. The summed E-state index contributed by atoms with van der Waals surface area (Å²) in [5.41, 5.74) is 5.14. The van der Waals surface area contributed by atoms with Crippen molar-refractivity contribution >= 4 is 66.8 Å². The summed E-state index contributed by atoms with van der Waals surface area (Å²) < 4.78 is 58.8. The number of aromatic nitrogens is 4. The lowest BCUT2D eigenvalue weighted by Crippen LogP contribution is -2.48. The molecule has 4 aliphatic rings. The van der Waals surface area contributed by atoms with Gasteiger partial charge in [0.2, 0.25) is 0 Å². The zero-order valence-electron chi connectivity index (χ0n) is 38.7. The second kappa shape index (κ2) is 18.8. The number of alkyl halides is 1. The number of piperazine rings is 1. The normalized spacial score (nSPS) is 20.2. The molecule has 1 atom stereocenters. The molecule has 3 saturated heterocycles. The number of halogens is 2. The lowest BCUT2D eigenvalue weighted by molar-refractivity contribution is 0.00270. The second-order valence-electron chi connectivity index (χ2n) is 19.6. The minimum atomic E-state index is -4.65. The van der Waals surface area contributed by atoms with E-state index in [-0.39, 0.29) is 35.6 Å². The van der Waals surface area contributed by atoms with Crippen molar-refractivity contribution in [3.05, 3.63) is 112 Å². The number of carboxylic acids is 1. The van der Waals surface area contributed by atoms with Gasteiger partial charge < -0.3 is 24.5 Å². The Kier molecular flexibility index (Phi) is 12.8. The van der Waals surface area contributed by atoms with Gasteiger partial charge in [-0.1, -0.05) is 43.2 Å². The van der Waals surface area contributed by atoms with Crippen LogP contribution < -0.4 is 14.4 Å². The molecule has 0 bridgehead atoms. The first kappa shape index (κ1) is 46.9. The fourth-order valence-electron chi connectivity index (χ4n) is 10.3. The third-order valence-electron chi connectivity index (χ3n) is 14.4. The molecule has 0 saturated carbocycles. The highest BCUT2D eigenvalue weighted by Crippen LogP contribution is 2.43. The Labute approximate surface area is 405 Å². The number of carbonyl (C=O) groups excluding carboxylic acids is 1. The molecule has 3 aromatic heterocycles. The number of pyridine rings is 1. The summed E-state index contributed by atoms with van der Waals surface area (Å²) in [7, 11) is -4.65. The zero-order chi connectivity index (χ0) is 48.1. The van der Waals surface area contributed by atoms with Crippen LogP contribution in [0.4, 0.5) is 10.1 Å². The fourth-order valence-corrected chi connectivity index (χ4v) is 11.4. The lowest BCUT2D eigenvalue weighted by Gasteiger charge is -2.39. The first-order valence-electron chi connectivity index (χ1n) is 23.6. The van der Waals surface area contributed by atoms with Gasteiger partial charge in [-0.15, -0.1) is 0 Å². The first-order chi connectivity index (χ1) is 33.1. The third-order valence-corrected chi connectivity index (χ3v) is 16.0. The van der Waals surface area contributed by atoms with Crippen LogP contribution in [0.2, 0.25) is 5.02 Å². The zero-order valence-corrected chi connectivity index (χ0v) is 40.3. The summed E-state index contributed by atoms with van der Waals surface area (Å²) in [6.07, 6.45) is 7.85. The summed E-state index contributed by atoms with van der Waals surface area (Å²) in [6.45, 7) is 10.6. The number of benzene rings is 3. The number of carboxylic acid groups (broad SMARTS) is 1. The van der Waals surface area contributed by atoms with E-state index < -0.39 is 44.6 Å². The van der Waals surface area contributed by atoms with Crippen molar-refractivity contribution in [2.45, 2.75) is 69.0 Å². The van der Waals surface area contributed by atoms with E-state index in [0.29, 0.717) is 61.8 Å². The summed E-state index contributed by atoms with van der Waals surface area (Å²) in [6, 6.07) is 20.7. The van der Waals surface area contributed by atoms with Gasteiger partial charge in [-0.05, 0) is 116 Å². The van der Waals surface area contributed by atoms with Gasteiger partial charge in [0.25, 0.3) is 15.9 Å². The molecule has 18 heteroatoms. The molecular formula is C51H56ClFN8O7S. The van der Waals surface area contributed by atoms with Crippen LogP contribution in [-0.4, -0.2) is 132 Å². The van der Waals surface area contributed by atoms with Crippen molar-refractivity contribution in [2.24, 2.45) is 5.41 Å². The number of piperidine rings is 1. The van der Waals surface area contributed by atoms with E-state index in [0.717, 1.165) is 73.5 Å². The molecule has 6 aromatic rings. The Morgan fingerprint density at radius 3 is 2.49 bits per heavy atom. The number of carbonyl (C=O) groups is 2. The molecule has 15 nitrogen and oxygen atoms in total. The van der Waals surface area contributed by atoms with Crippen LogP contribution in [0.1, 0.15) is 78.7 Å². The van der Waals surface area contributed by atoms with Crippen LogP contribution in [0, 0.1) is 5.41 Å². The largest absolute Gasteiger partial charge is 0.489 e. The van der Waals surface area contributed by atoms with E-state index >= 15 is 4.39 Å². The first-order valence-corrected chi connectivity index (χ1v) is 25.4. The van der Waals surface area contributed by atoms with Crippen LogP contribution in [0.15, 0.2) is 95.7 Å². The molecule has 0 radical (unpaired) electrons. The SMILES string of the molecule is CC1(C)CCC(CN2CCN(c3ccc(C(=O)NS(=O)(=O)c4ccc(OCC5(F)CCN(C6CCOC6)CC5)c(C(=O)O)c4)c(-n4ncc5nc6[nH]ccc6cc54)c3)CC2)=C(c2ccc(Cl)cc2)C1. The standard InChI is InChI=1S/C51H56ClFN8O7S/c1-50(2)14-11-35(42(28-50)33-3-5-36(52)6-4-33)30-58-20-22-60(23-21-58)37-7-9-40(44(26-37)61-45-25-34-12-17-54-47(34)56-43(45)29-55-61)48(62)57-69(65,66)39-8-10-46(41(27-39)49(63)64)68-32-51(53)15-18-59(19-16-51)38-13-24-67-31-38/h3-10,12,17,25-27,29,38H,11,13-16,18-24,28,30-32H2,1-2H3,(H,54,56)(H,57,62)(H,63,64). The Morgan fingerprint density at radius 2 is 1.75 bits per heavy atom. The summed E-state index contributed by atoms with van der Waals surface area (Å²) in [5.74, 6) is -2.60. The number of H-pyrrole nitrogens is 1. The Morgan fingerprint density at radius 1 is 0.971 bits per heavy atom. The molecule has 3 fully saturated rings. The molecule has 69 heavy (non-hydrogen) atoms. The lowest BCUT2D eigenvalue weighted by atomic mass is 9.72. The van der Waals surface area contributed by atoms with E-state index in [2.05, 4.69) is 55.5 Å². The summed E-state index contributed by atoms with van der Waals surface area (Å²) >= 11 is 6.26. The minimum absolute atomic E-state index is 0.0141. The Hall–Kier alpha value is -5.85. The van der Waals surface area contributed by atoms with Crippen LogP contribution in [-0.2, 0) is 14.8 Å². The van der Waals surface area contributed by atoms with Gasteiger partial charge in [-0.3, -0.25) is 14.6 Å². The average molecular weight is 980 g/mol. The van der Waals surface area contributed by atoms with Gasteiger partial charge >= 0.3 is 5.97 Å². The van der Waals surface area contributed by atoms with Gasteiger partial charge in [0.1, 0.15) is 34.8 Å². The number of fused-ring (bicyclic) bond motifs is 2. The third kappa shape index (κ3) is 9.97. The smallest absolute Gasteiger partial charge is 0.339 e. The maximum atomic E-state index is 15.9. The number of rotatable bonds is 13. The van der Waals surface area contributed by atoms with Crippen molar-refractivity contribution in [1.82, 2.24) is 34.3 Å². The molecule has 3 aliphatic heterocycles. The number of ether oxygens (including phenoxy) is 2. The Balaban J connectivity index is 0.879. The van der Waals surface area contributed by atoms with E-state index in [9.17, 15) is 23.1 Å². The number of hydrogen-bond acceptors (Lipinski definition) is 11. The molecule has 6 heterocycles. The van der Waals surface area contributed by atoms with Crippen molar-refractivity contribution in [3.8, 4) is 11.4 Å². The average Bonchev–Trinajstić information content (AvgIpc) is 4.13. The van der Waals surface area contributed by atoms with Crippen molar-refractivity contribution in [1.29, 1.82) is 0 Å². The van der Waals surface area contributed by atoms with Crippen LogP contribution in [0.25, 0.3) is 33.3 Å². The number of nitrogens with one attached hydrogen (secondary N) is 2. The number of anilines is 1. The van der Waals surface area contributed by atoms with Crippen molar-refractivity contribution < 1.29 is 37.0 Å². The fraction of sp³-hybridized carbons (Fsp3) is 0.412. The van der Waals surface area contributed by atoms with E-state index in [1.54, 1.807) is 29.2 Å². The van der Waals surface area contributed by atoms with Gasteiger partial charge in [0, 0.05) is 80.8 Å². The molecule has 362 valence electrons. The number of aromatic amines is 1. The number of allylic oxidation sites excluding steroid dienone is 1. The molecule has 10 rings (SSSR count). The van der Waals surface area contributed by atoms with Gasteiger partial charge in [-0.25, -0.2) is 32.0 Å². The molecule has 1 aliphatic carbocycles. The highest BCUT2D eigenvalue weighted by atomic mass is 35.5. The molecule has 3 N–H and O–H groups in total. The predicted molar refractivity (Wildman–Crippen MR) is 263 cm³/mol. The summed E-state index contributed by atoms with van der Waals surface area (Å²) in [5, 5.41) is 16.3. The molecular weight excluding hydrogens is 923 g/mol. The topological polar surface area (TPSA) is 175 Å². The van der Waals surface area contributed by atoms with Crippen LogP contribution in [0.3, 0.4) is 0 Å². The molecule has 1 amide bonds. The van der Waals surface area contributed by atoms with E-state index in [1.807, 2.05) is 30.3 Å². The number of likely N-dealkylation sites (tertiary alicyclic amines) is 1. The maximum Gasteiger partial charge on any atom is 0.339 e. The van der Waals surface area contributed by atoms with Gasteiger partial charge in [0.05, 0.1) is 34.5 Å². The number of sulfonamides is 1. The van der Waals surface area contributed by atoms with E-state index in [1.165, 1.54) is 22.8 Å². The minimum Gasteiger partial charge on any atom is -0.489 e. The number of amides is 1. The van der Waals surface area contributed by atoms with Gasteiger partial charge in [-0.2, -0.15) is 5.10 Å². The van der Waals surface area contributed by atoms with Crippen LogP contribution >= 0.6 is 11.6 Å². The second-order valence-corrected chi connectivity index (χ2v) is 21.8. The number of nitrogens with zero attached hydrogens (tertiary/aromatic N) is 6.